The SMILES string of the molecule is NCC1CCC(C(=O)Nc2ccccc2)O1. The Bertz CT molecular complexity index is 353. The summed E-state index contributed by atoms with van der Waals surface area (Å²) in [5.41, 5.74) is 6.29. The first-order chi connectivity index (χ1) is 7.79. The maximum atomic E-state index is 11.8. The summed E-state index contributed by atoms with van der Waals surface area (Å²) in [4.78, 5) is 11.8. The lowest BCUT2D eigenvalue weighted by Crippen LogP contribution is -2.29. The molecule has 4 nitrogen and oxygen atoms in total. The number of amides is 1. The van der Waals surface area contributed by atoms with E-state index in [0.717, 1.165) is 18.5 Å². The van der Waals surface area contributed by atoms with Crippen LogP contribution in [-0.4, -0.2) is 24.7 Å². The first-order valence-corrected chi connectivity index (χ1v) is 5.51. The Kier molecular flexibility index (Phi) is 3.54. The van der Waals surface area contributed by atoms with Crippen LogP contribution in [0.3, 0.4) is 0 Å². The summed E-state index contributed by atoms with van der Waals surface area (Å²) in [6.45, 7) is 0.481. The van der Waals surface area contributed by atoms with Crippen molar-refractivity contribution in [1.29, 1.82) is 0 Å². The van der Waals surface area contributed by atoms with Gasteiger partial charge in [0, 0.05) is 12.2 Å². The van der Waals surface area contributed by atoms with E-state index in [4.69, 9.17) is 10.5 Å². The molecule has 2 atom stereocenters. The molecule has 0 saturated carbocycles. The predicted octanol–water partition coefficient (Wildman–Crippen LogP) is 1.13. The minimum atomic E-state index is -0.353. The predicted molar refractivity (Wildman–Crippen MR) is 62.0 cm³/mol. The molecule has 0 spiro atoms. The number of benzene rings is 1. The summed E-state index contributed by atoms with van der Waals surface area (Å²) in [5, 5.41) is 2.82. The van der Waals surface area contributed by atoms with Crippen LogP contribution in [0.15, 0.2) is 30.3 Å². The van der Waals surface area contributed by atoms with E-state index in [-0.39, 0.29) is 18.1 Å². The molecule has 1 fully saturated rings. The van der Waals surface area contributed by atoms with Crippen molar-refractivity contribution >= 4 is 11.6 Å². The maximum absolute atomic E-state index is 11.8. The van der Waals surface area contributed by atoms with Crippen LogP contribution < -0.4 is 11.1 Å². The summed E-state index contributed by atoms with van der Waals surface area (Å²) < 4.78 is 5.51. The molecule has 3 N–H and O–H groups in total. The van der Waals surface area contributed by atoms with Gasteiger partial charge in [-0.3, -0.25) is 4.79 Å². The molecule has 1 aromatic carbocycles. The van der Waals surface area contributed by atoms with Gasteiger partial charge in [-0.15, -0.1) is 0 Å². The fourth-order valence-electron chi connectivity index (χ4n) is 1.82. The van der Waals surface area contributed by atoms with Gasteiger partial charge in [0.15, 0.2) is 0 Å². The highest BCUT2D eigenvalue weighted by atomic mass is 16.5. The number of ether oxygens (including phenoxy) is 1. The summed E-state index contributed by atoms with van der Waals surface area (Å²) >= 11 is 0. The molecule has 2 unspecified atom stereocenters. The highest BCUT2D eigenvalue weighted by Crippen LogP contribution is 2.20. The molecule has 0 aliphatic carbocycles. The van der Waals surface area contributed by atoms with E-state index in [0.29, 0.717) is 6.54 Å². The Hall–Kier alpha value is -1.39. The van der Waals surface area contributed by atoms with Crippen LogP contribution in [0.5, 0.6) is 0 Å². The number of carbonyl (C=O) groups excluding carboxylic acids is 1. The molecule has 0 aromatic heterocycles. The van der Waals surface area contributed by atoms with Gasteiger partial charge >= 0.3 is 0 Å². The van der Waals surface area contributed by atoms with Gasteiger partial charge in [-0.1, -0.05) is 18.2 Å². The summed E-state index contributed by atoms with van der Waals surface area (Å²) in [5.74, 6) is -0.0813. The molecular weight excluding hydrogens is 204 g/mol. The van der Waals surface area contributed by atoms with E-state index in [1.165, 1.54) is 0 Å². The molecule has 1 saturated heterocycles. The molecule has 16 heavy (non-hydrogen) atoms. The van der Waals surface area contributed by atoms with Crippen molar-refractivity contribution in [2.45, 2.75) is 25.0 Å². The van der Waals surface area contributed by atoms with Gasteiger partial charge in [-0.25, -0.2) is 0 Å². The van der Waals surface area contributed by atoms with E-state index in [1.54, 1.807) is 0 Å². The normalized spacial score (nSPS) is 24.3. The maximum Gasteiger partial charge on any atom is 0.253 e. The lowest BCUT2D eigenvalue weighted by molar-refractivity contribution is -0.126. The number of nitrogens with two attached hydrogens (primary N) is 1. The third-order valence-electron chi connectivity index (χ3n) is 2.70. The van der Waals surface area contributed by atoms with Crippen LogP contribution in [0.4, 0.5) is 5.69 Å². The van der Waals surface area contributed by atoms with Gasteiger partial charge in [0.05, 0.1) is 6.10 Å². The fraction of sp³-hybridized carbons (Fsp3) is 0.417. The van der Waals surface area contributed by atoms with Crippen LogP contribution in [0.25, 0.3) is 0 Å². The number of hydrogen-bond donors (Lipinski definition) is 2. The van der Waals surface area contributed by atoms with Crippen molar-refractivity contribution < 1.29 is 9.53 Å². The largest absolute Gasteiger partial charge is 0.364 e. The van der Waals surface area contributed by atoms with E-state index in [9.17, 15) is 4.79 Å². The zero-order valence-electron chi connectivity index (χ0n) is 9.06. The molecular formula is C12H16N2O2. The monoisotopic (exact) mass is 220 g/mol. The third-order valence-corrected chi connectivity index (χ3v) is 2.70. The van der Waals surface area contributed by atoms with Crippen molar-refractivity contribution in [2.75, 3.05) is 11.9 Å². The van der Waals surface area contributed by atoms with Crippen LogP contribution >= 0.6 is 0 Å². The molecule has 4 heteroatoms. The first-order valence-electron chi connectivity index (χ1n) is 5.51. The fourth-order valence-corrected chi connectivity index (χ4v) is 1.82. The Labute approximate surface area is 94.8 Å². The highest BCUT2D eigenvalue weighted by molar-refractivity contribution is 5.94. The van der Waals surface area contributed by atoms with Gasteiger partial charge < -0.3 is 15.8 Å². The highest BCUT2D eigenvalue weighted by Gasteiger charge is 2.29. The van der Waals surface area contributed by atoms with Crippen molar-refractivity contribution in [3.05, 3.63) is 30.3 Å². The van der Waals surface area contributed by atoms with Crippen molar-refractivity contribution in [2.24, 2.45) is 5.73 Å². The molecule has 86 valence electrons. The van der Waals surface area contributed by atoms with Gasteiger partial charge in [-0.2, -0.15) is 0 Å². The van der Waals surface area contributed by atoms with Gasteiger partial charge in [-0.05, 0) is 25.0 Å². The second kappa shape index (κ2) is 5.09. The number of anilines is 1. The zero-order chi connectivity index (χ0) is 11.4. The van der Waals surface area contributed by atoms with E-state index in [2.05, 4.69) is 5.32 Å². The minimum Gasteiger partial charge on any atom is -0.364 e. The van der Waals surface area contributed by atoms with Gasteiger partial charge in [0.2, 0.25) is 0 Å². The van der Waals surface area contributed by atoms with E-state index >= 15 is 0 Å². The van der Waals surface area contributed by atoms with Crippen LogP contribution in [0, 0.1) is 0 Å². The second-order valence-electron chi connectivity index (χ2n) is 3.92. The van der Waals surface area contributed by atoms with Crippen LogP contribution in [0.1, 0.15) is 12.8 Å². The standard InChI is InChI=1S/C12H16N2O2/c13-8-10-6-7-11(16-10)12(15)14-9-4-2-1-3-5-9/h1-5,10-11H,6-8,13H2,(H,14,15). The van der Waals surface area contributed by atoms with E-state index < -0.39 is 0 Å². The second-order valence-corrected chi connectivity index (χ2v) is 3.92. The van der Waals surface area contributed by atoms with Gasteiger partial charge in [0.25, 0.3) is 5.91 Å². The molecule has 1 aliphatic rings. The number of hydrogen-bond acceptors (Lipinski definition) is 3. The molecule has 2 rings (SSSR count). The average Bonchev–Trinajstić information content (AvgIpc) is 2.79. The van der Waals surface area contributed by atoms with E-state index in [1.807, 2.05) is 30.3 Å². The summed E-state index contributed by atoms with van der Waals surface area (Å²) in [7, 11) is 0. The lowest BCUT2D eigenvalue weighted by atomic mass is 10.2. The number of nitrogens with one attached hydrogen (secondary N) is 1. The molecule has 1 heterocycles. The lowest BCUT2D eigenvalue weighted by Gasteiger charge is -2.12. The van der Waals surface area contributed by atoms with Gasteiger partial charge in [0.1, 0.15) is 6.10 Å². The molecule has 1 aromatic rings. The van der Waals surface area contributed by atoms with Crippen molar-refractivity contribution in [3.8, 4) is 0 Å². The van der Waals surface area contributed by atoms with Crippen molar-refractivity contribution in [1.82, 2.24) is 0 Å². The Morgan fingerprint density at radius 1 is 1.38 bits per heavy atom. The number of carbonyl (C=O) groups is 1. The Balaban J connectivity index is 1.90. The topological polar surface area (TPSA) is 64.4 Å². The first kappa shape index (κ1) is 11.1. The smallest absolute Gasteiger partial charge is 0.253 e. The van der Waals surface area contributed by atoms with Crippen LogP contribution in [0.2, 0.25) is 0 Å². The minimum absolute atomic E-state index is 0.0338. The molecule has 0 radical (unpaired) electrons. The van der Waals surface area contributed by atoms with Crippen molar-refractivity contribution in [3.63, 3.8) is 0 Å². The summed E-state index contributed by atoms with van der Waals surface area (Å²) in [6, 6.07) is 9.38. The molecule has 1 amide bonds. The summed E-state index contributed by atoms with van der Waals surface area (Å²) in [6.07, 6.45) is 1.30. The van der Waals surface area contributed by atoms with Crippen LogP contribution in [-0.2, 0) is 9.53 Å². The third kappa shape index (κ3) is 2.59. The molecule has 1 aliphatic heterocycles. The Morgan fingerprint density at radius 2 is 2.12 bits per heavy atom. The Morgan fingerprint density at radius 3 is 2.75 bits per heavy atom. The quantitative estimate of drug-likeness (QED) is 0.802. The number of rotatable bonds is 3. The average molecular weight is 220 g/mol. The molecule has 0 bridgehead atoms. The number of para-hydroxylation sites is 1. The zero-order valence-corrected chi connectivity index (χ0v) is 9.06.